The van der Waals surface area contributed by atoms with Gasteiger partial charge in [-0.3, -0.25) is 9.36 Å². The normalized spacial score (nSPS) is 10.7. The van der Waals surface area contributed by atoms with E-state index in [0.29, 0.717) is 19.9 Å². The van der Waals surface area contributed by atoms with E-state index in [1.165, 1.54) is 23.0 Å². The molecule has 0 amide bonds. The summed E-state index contributed by atoms with van der Waals surface area (Å²) in [7, 11) is 0. The summed E-state index contributed by atoms with van der Waals surface area (Å²) >= 11 is 7.89. The van der Waals surface area contributed by atoms with Crippen LogP contribution < -0.4 is 5.56 Å². The molecule has 0 atom stereocenters. The van der Waals surface area contributed by atoms with E-state index in [2.05, 4.69) is 4.98 Å². The molecule has 3 nitrogen and oxygen atoms in total. The fourth-order valence-electron chi connectivity index (χ4n) is 1.49. The zero-order chi connectivity index (χ0) is 13.3. The third-order valence-electron chi connectivity index (χ3n) is 2.51. The molecule has 0 unspecified atom stereocenters. The van der Waals surface area contributed by atoms with E-state index in [0.717, 1.165) is 0 Å². The van der Waals surface area contributed by atoms with Crippen molar-refractivity contribution < 1.29 is 4.39 Å². The molecule has 18 heavy (non-hydrogen) atoms. The van der Waals surface area contributed by atoms with E-state index in [-0.39, 0.29) is 12.1 Å². The van der Waals surface area contributed by atoms with Gasteiger partial charge in [0.2, 0.25) is 0 Å². The Labute approximate surface area is 122 Å². The number of rotatable bonds is 2. The number of hydrogen-bond acceptors (Lipinski definition) is 2. The lowest BCUT2D eigenvalue weighted by molar-refractivity contribution is 0.625. The van der Waals surface area contributed by atoms with Crippen molar-refractivity contribution in [3.05, 3.63) is 60.5 Å². The van der Waals surface area contributed by atoms with E-state index < -0.39 is 5.82 Å². The number of aromatic nitrogens is 2. The molecule has 0 bridgehead atoms. The minimum absolute atomic E-state index is 0.122. The van der Waals surface area contributed by atoms with E-state index in [4.69, 9.17) is 11.6 Å². The van der Waals surface area contributed by atoms with Crippen LogP contribution in [0, 0.1) is 16.3 Å². The summed E-state index contributed by atoms with van der Waals surface area (Å²) in [5.74, 6) is -0.396. The van der Waals surface area contributed by atoms with Crippen LogP contribution in [0.3, 0.4) is 0 Å². The van der Waals surface area contributed by atoms with Gasteiger partial charge in [0.25, 0.3) is 5.56 Å². The number of hydrogen-bond donors (Lipinski definition) is 0. The van der Waals surface area contributed by atoms with Gasteiger partial charge in [-0.15, -0.1) is 0 Å². The van der Waals surface area contributed by atoms with E-state index in [1.54, 1.807) is 13.0 Å². The zero-order valence-corrected chi connectivity index (χ0v) is 12.4. The summed E-state index contributed by atoms with van der Waals surface area (Å²) in [5.41, 5.74) is 1.26. The van der Waals surface area contributed by atoms with Crippen molar-refractivity contribution in [3.8, 4) is 0 Å². The molecule has 0 fully saturated rings. The summed E-state index contributed by atoms with van der Waals surface area (Å²) < 4.78 is 14.9. The lowest BCUT2D eigenvalue weighted by Gasteiger charge is -2.08. The Bertz CT molecular complexity index is 657. The third kappa shape index (κ3) is 2.72. The van der Waals surface area contributed by atoms with Crippen LogP contribution in [-0.4, -0.2) is 9.55 Å². The number of benzene rings is 1. The second kappa shape index (κ2) is 5.36. The van der Waals surface area contributed by atoms with Crippen molar-refractivity contribution in [1.29, 1.82) is 0 Å². The Balaban J connectivity index is 2.41. The smallest absolute Gasteiger partial charge is 0.267 e. The fourth-order valence-corrected chi connectivity index (χ4v) is 2.17. The summed E-state index contributed by atoms with van der Waals surface area (Å²) in [5, 5.41) is 0.303. The van der Waals surface area contributed by atoms with Crippen LogP contribution in [0.5, 0.6) is 0 Å². The molecule has 0 saturated carbocycles. The van der Waals surface area contributed by atoms with Crippen LogP contribution >= 0.6 is 34.2 Å². The zero-order valence-electron chi connectivity index (χ0n) is 9.45. The molecule has 0 saturated heterocycles. The Morgan fingerprint density at radius 3 is 2.89 bits per heavy atom. The molecule has 0 aliphatic carbocycles. The van der Waals surface area contributed by atoms with Gasteiger partial charge in [0.05, 0.1) is 22.1 Å². The lowest BCUT2D eigenvalue weighted by atomic mass is 10.2. The topological polar surface area (TPSA) is 34.9 Å². The van der Waals surface area contributed by atoms with E-state index in [9.17, 15) is 9.18 Å². The molecule has 0 spiro atoms. The second-order valence-corrected chi connectivity index (χ2v) is 5.30. The van der Waals surface area contributed by atoms with Gasteiger partial charge in [0.15, 0.2) is 0 Å². The SMILES string of the molecule is Cc1ncn(Cc2ccc(F)cc2Cl)c(=O)c1I. The highest BCUT2D eigenvalue weighted by Gasteiger charge is 2.08. The van der Waals surface area contributed by atoms with Crippen molar-refractivity contribution in [2.75, 3.05) is 0 Å². The van der Waals surface area contributed by atoms with E-state index >= 15 is 0 Å². The molecule has 94 valence electrons. The summed E-state index contributed by atoms with van der Waals surface area (Å²) in [6.07, 6.45) is 1.47. The molecule has 0 radical (unpaired) electrons. The van der Waals surface area contributed by atoms with Crippen LogP contribution in [0.25, 0.3) is 0 Å². The van der Waals surface area contributed by atoms with Gasteiger partial charge in [-0.05, 0) is 47.2 Å². The number of nitrogens with zero attached hydrogens (tertiary/aromatic N) is 2. The van der Waals surface area contributed by atoms with Gasteiger partial charge in [0, 0.05) is 5.02 Å². The second-order valence-electron chi connectivity index (χ2n) is 3.81. The average Bonchev–Trinajstić information content (AvgIpc) is 2.33. The standard InChI is InChI=1S/C12H9ClFIN2O/c1-7-11(15)12(18)17(6-16-7)5-8-2-3-9(14)4-10(8)13/h2-4,6H,5H2,1H3. The summed E-state index contributed by atoms with van der Waals surface area (Å²) in [6, 6.07) is 4.12. The Morgan fingerprint density at radius 2 is 2.22 bits per heavy atom. The average molecular weight is 379 g/mol. The van der Waals surface area contributed by atoms with Crippen molar-refractivity contribution in [1.82, 2.24) is 9.55 Å². The molecule has 1 aromatic heterocycles. The summed E-state index contributed by atoms with van der Waals surface area (Å²) in [4.78, 5) is 16.1. The monoisotopic (exact) mass is 378 g/mol. The first-order chi connectivity index (χ1) is 8.49. The minimum Gasteiger partial charge on any atom is -0.294 e. The lowest BCUT2D eigenvalue weighted by Crippen LogP contribution is -2.24. The van der Waals surface area contributed by atoms with Gasteiger partial charge in [0.1, 0.15) is 5.82 Å². The maximum absolute atomic E-state index is 12.9. The molecular weight excluding hydrogens is 369 g/mol. The Kier molecular flexibility index (Phi) is 4.01. The quantitative estimate of drug-likeness (QED) is 0.753. The van der Waals surface area contributed by atoms with Crippen LogP contribution in [-0.2, 0) is 6.54 Å². The van der Waals surface area contributed by atoms with Crippen molar-refractivity contribution >= 4 is 34.2 Å². The highest BCUT2D eigenvalue weighted by Crippen LogP contribution is 2.17. The fraction of sp³-hybridized carbons (Fsp3) is 0.167. The Hall–Kier alpha value is -0.950. The summed E-state index contributed by atoms with van der Waals surface area (Å²) in [6.45, 7) is 2.06. The first kappa shape index (κ1) is 13.5. The molecule has 0 N–H and O–H groups in total. The van der Waals surface area contributed by atoms with Gasteiger partial charge < -0.3 is 0 Å². The van der Waals surface area contributed by atoms with Gasteiger partial charge in [-0.2, -0.15) is 0 Å². The molecular formula is C12H9ClFIN2O. The molecule has 2 rings (SSSR count). The Morgan fingerprint density at radius 1 is 1.50 bits per heavy atom. The maximum Gasteiger partial charge on any atom is 0.267 e. The number of aryl methyl sites for hydroxylation is 1. The highest BCUT2D eigenvalue weighted by molar-refractivity contribution is 14.1. The van der Waals surface area contributed by atoms with Gasteiger partial charge >= 0.3 is 0 Å². The van der Waals surface area contributed by atoms with Crippen molar-refractivity contribution in [2.45, 2.75) is 13.5 Å². The predicted molar refractivity (Wildman–Crippen MR) is 76.5 cm³/mol. The van der Waals surface area contributed by atoms with Crippen LogP contribution in [0.1, 0.15) is 11.3 Å². The van der Waals surface area contributed by atoms with Crippen LogP contribution in [0.15, 0.2) is 29.3 Å². The molecule has 1 aromatic carbocycles. The van der Waals surface area contributed by atoms with Crippen LogP contribution in [0.4, 0.5) is 4.39 Å². The maximum atomic E-state index is 12.9. The largest absolute Gasteiger partial charge is 0.294 e. The predicted octanol–water partition coefficient (Wildman–Crippen LogP) is 3.00. The van der Waals surface area contributed by atoms with E-state index in [1.807, 2.05) is 22.6 Å². The highest BCUT2D eigenvalue weighted by atomic mass is 127. The molecule has 1 heterocycles. The first-order valence-electron chi connectivity index (χ1n) is 5.14. The van der Waals surface area contributed by atoms with Gasteiger partial charge in [-0.1, -0.05) is 17.7 Å². The molecule has 0 aliphatic heterocycles. The third-order valence-corrected chi connectivity index (χ3v) is 4.11. The first-order valence-corrected chi connectivity index (χ1v) is 6.60. The van der Waals surface area contributed by atoms with Gasteiger partial charge in [-0.25, -0.2) is 9.37 Å². The number of halogens is 3. The molecule has 6 heteroatoms. The van der Waals surface area contributed by atoms with Crippen LogP contribution in [0.2, 0.25) is 5.02 Å². The van der Waals surface area contributed by atoms with Crippen molar-refractivity contribution in [3.63, 3.8) is 0 Å². The minimum atomic E-state index is -0.396. The molecule has 2 aromatic rings. The molecule has 0 aliphatic rings. The van der Waals surface area contributed by atoms with Crippen molar-refractivity contribution in [2.24, 2.45) is 0 Å².